The highest BCUT2D eigenvalue weighted by atomic mass is 16.5. The van der Waals surface area contributed by atoms with Crippen molar-refractivity contribution < 1.29 is 14.6 Å². The lowest BCUT2D eigenvalue weighted by atomic mass is 9.75. The molecule has 4 nitrogen and oxygen atoms in total. The van der Waals surface area contributed by atoms with E-state index in [-0.39, 0.29) is 0 Å². The van der Waals surface area contributed by atoms with Crippen molar-refractivity contribution >= 4 is 6.21 Å². The average Bonchev–Trinajstić information content (AvgIpc) is 2.64. The largest absolute Gasteiger partial charge is 0.496 e. The fraction of sp³-hybridized carbons (Fsp3) is 0.188. The van der Waals surface area contributed by atoms with Crippen LogP contribution >= 0.6 is 0 Å². The Morgan fingerprint density at radius 3 is 3.10 bits per heavy atom. The molecule has 20 heavy (non-hydrogen) atoms. The van der Waals surface area contributed by atoms with Crippen LogP contribution in [-0.4, -0.2) is 24.5 Å². The van der Waals surface area contributed by atoms with Gasteiger partial charge in [-0.1, -0.05) is 12.2 Å². The number of ether oxygens (including phenoxy) is 2. The van der Waals surface area contributed by atoms with E-state index >= 15 is 0 Å². The first-order valence-electron chi connectivity index (χ1n) is 6.44. The normalized spacial score (nSPS) is 28.3. The van der Waals surface area contributed by atoms with Crippen LogP contribution in [0.2, 0.25) is 0 Å². The molecule has 0 bridgehead atoms. The molecule has 2 atom stereocenters. The van der Waals surface area contributed by atoms with Crippen LogP contribution in [0.25, 0.3) is 0 Å². The van der Waals surface area contributed by atoms with Gasteiger partial charge in [-0.15, -0.1) is 0 Å². The van der Waals surface area contributed by atoms with Crippen LogP contribution in [0.1, 0.15) is 11.1 Å². The molecule has 0 aromatic heterocycles. The van der Waals surface area contributed by atoms with Gasteiger partial charge in [-0.05, 0) is 24.3 Å². The molecule has 0 fully saturated rings. The Balaban J connectivity index is 2.06. The summed E-state index contributed by atoms with van der Waals surface area (Å²) in [7, 11) is 1.64. The van der Waals surface area contributed by atoms with Crippen LogP contribution in [-0.2, 0) is 5.41 Å². The highest BCUT2D eigenvalue weighted by molar-refractivity contribution is 5.90. The summed E-state index contributed by atoms with van der Waals surface area (Å²) < 4.78 is 11.4. The van der Waals surface area contributed by atoms with Gasteiger partial charge >= 0.3 is 0 Å². The van der Waals surface area contributed by atoms with Gasteiger partial charge in [0.2, 0.25) is 0 Å². The molecule has 1 aliphatic carbocycles. The number of rotatable bonds is 1. The Morgan fingerprint density at radius 2 is 2.25 bits per heavy atom. The zero-order valence-corrected chi connectivity index (χ0v) is 10.9. The predicted molar refractivity (Wildman–Crippen MR) is 75.3 cm³/mol. The van der Waals surface area contributed by atoms with E-state index in [4.69, 9.17) is 9.47 Å². The van der Waals surface area contributed by atoms with Gasteiger partial charge in [0.05, 0.1) is 18.6 Å². The van der Waals surface area contributed by atoms with Crippen LogP contribution < -0.4 is 9.47 Å². The topological polar surface area (TPSA) is 51.0 Å². The maximum Gasteiger partial charge on any atom is 0.132 e. The Morgan fingerprint density at radius 1 is 1.35 bits per heavy atom. The number of benzene rings is 1. The summed E-state index contributed by atoms with van der Waals surface area (Å²) in [6.07, 6.45) is 10.4. The maximum absolute atomic E-state index is 9.78. The minimum atomic E-state index is -0.618. The summed E-state index contributed by atoms with van der Waals surface area (Å²) >= 11 is 0. The van der Waals surface area contributed by atoms with E-state index < -0.39 is 11.5 Å². The second-order valence-electron chi connectivity index (χ2n) is 5.00. The van der Waals surface area contributed by atoms with E-state index in [0.29, 0.717) is 0 Å². The van der Waals surface area contributed by atoms with Crippen molar-refractivity contribution in [2.24, 2.45) is 4.99 Å². The van der Waals surface area contributed by atoms with E-state index in [1.165, 1.54) is 0 Å². The lowest BCUT2D eigenvalue weighted by molar-refractivity contribution is 0.257. The van der Waals surface area contributed by atoms with Crippen molar-refractivity contribution in [3.63, 3.8) is 0 Å². The van der Waals surface area contributed by atoms with E-state index in [9.17, 15) is 5.11 Å². The lowest BCUT2D eigenvalue weighted by Crippen LogP contribution is -2.26. The summed E-state index contributed by atoms with van der Waals surface area (Å²) in [6, 6.07) is 3.77. The van der Waals surface area contributed by atoms with Gasteiger partial charge in [-0.2, -0.15) is 0 Å². The zero-order chi connectivity index (χ0) is 13.7. The second kappa shape index (κ2) is 3.84. The third-order valence-corrected chi connectivity index (χ3v) is 3.93. The molecule has 3 aliphatic rings. The minimum Gasteiger partial charge on any atom is -0.496 e. The van der Waals surface area contributed by atoms with Gasteiger partial charge in [0.1, 0.15) is 17.3 Å². The van der Waals surface area contributed by atoms with Crippen LogP contribution in [0, 0.1) is 0 Å². The molecule has 100 valence electrons. The molecule has 4 rings (SSSR count). The molecule has 2 aliphatic heterocycles. The SMILES string of the molecule is COc1ccc2c3c1C=NC=CC31C=CC(O)C=C1O2. The molecule has 1 aromatic rings. The van der Waals surface area contributed by atoms with E-state index in [2.05, 4.69) is 4.99 Å². The van der Waals surface area contributed by atoms with Crippen molar-refractivity contribution in [1.29, 1.82) is 0 Å². The van der Waals surface area contributed by atoms with Gasteiger partial charge in [0.25, 0.3) is 0 Å². The quantitative estimate of drug-likeness (QED) is 0.793. The molecular weight excluding hydrogens is 254 g/mol. The van der Waals surface area contributed by atoms with Gasteiger partial charge in [-0.3, -0.25) is 4.99 Å². The Kier molecular flexibility index (Phi) is 2.20. The van der Waals surface area contributed by atoms with Gasteiger partial charge in [0.15, 0.2) is 0 Å². The number of nitrogens with zero attached hydrogens (tertiary/aromatic N) is 1. The molecule has 0 saturated carbocycles. The minimum absolute atomic E-state index is 0.491. The highest BCUT2D eigenvalue weighted by Gasteiger charge is 2.46. The van der Waals surface area contributed by atoms with Gasteiger partial charge in [-0.25, -0.2) is 0 Å². The smallest absolute Gasteiger partial charge is 0.132 e. The molecule has 1 N–H and O–H groups in total. The van der Waals surface area contributed by atoms with Crippen molar-refractivity contribution in [2.45, 2.75) is 11.5 Å². The van der Waals surface area contributed by atoms with Crippen molar-refractivity contribution in [1.82, 2.24) is 0 Å². The third kappa shape index (κ3) is 1.31. The molecule has 0 radical (unpaired) electrons. The summed E-state index contributed by atoms with van der Waals surface area (Å²) in [5, 5.41) is 9.78. The molecule has 2 unspecified atom stereocenters. The average molecular weight is 267 g/mol. The number of aliphatic hydroxyl groups is 1. The van der Waals surface area contributed by atoms with Crippen molar-refractivity contribution in [3.05, 3.63) is 59.5 Å². The Bertz CT molecular complexity index is 715. The van der Waals surface area contributed by atoms with E-state index in [1.807, 2.05) is 24.3 Å². The Labute approximate surface area is 116 Å². The molecule has 1 spiro atoms. The zero-order valence-electron chi connectivity index (χ0n) is 10.9. The fourth-order valence-electron chi connectivity index (χ4n) is 3.02. The summed E-state index contributed by atoms with van der Waals surface area (Å²) in [5.74, 6) is 2.27. The molecule has 2 heterocycles. The number of hydrogen-bond acceptors (Lipinski definition) is 4. The van der Waals surface area contributed by atoms with Crippen LogP contribution in [0.15, 0.2) is 53.4 Å². The molecular formula is C16H13NO3. The van der Waals surface area contributed by atoms with Gasteiger partial charge in [0, 0.05) is 23.5 Å². The maximum atomic E-state index is 9.78. The van der Waals surface area contributed by atoms with Crippen LogP contribution in [0.4, 0.5) is 0 Å². The molecule has 4 heteroatoms. The molecule has 0 saturated heterocycles. The summed E-state index contributed by atoms with van der Waals surface area (Å²) in [5.41, 5.74) is 1.44. The summed E-state index contributed by atoms with van der Waals surface area (Å²) in [6.45, 7) is 0. The number of hydrogen-bond donors (Lipinski definition) is 1. The van der Waals surface area contributed by atoms with Crippen LogP contribution in [0.3, 0.4) is 0 Å². The Hall–Kier alpha value is -2.33. The van der Waals surface area contributed by atoms with Gasteiger partial charge < -0.3 is 14.6 Å². The highest BCUT2D eigenvalue weighted by Crippen LogP contribution is 2.52. The van der Waals surface area contributed by atoms with Crippen LogP contribution in [0.5, 0.6) is 11.5 Å². The monoisotopic (exact) mass is 267 g/mol. The first-order valence-corrected chi connectivity index (χ1v) is 6.44. The first kappa shape index (κ1) is 11.5. The van der Waals surface area contributed by atoms with E-state index in [1.54, 1.807) is 31.7 Å². The number of methoxy groups -OCH3 is 1. The third-order valence-electron chi connectivity index (χ3n) is 3.93. The number of aliphatic hydroxyl groups excluding tert-OH is 1. The van der Waals surface area contributed by atoms with Crippen molar-refractivity contribution in [3.8, 4) is 11.5 Å². The van der Waals surface area contributed by atoms with E-state index in [0.717, 1.165) is 28.4 Å². The first-order chi connectivity index (χ1) is 9.74. The standard InChI is InChI=1S/C16H13NO3/c1-19-12-2-3-13-15-11(12)9-17-7-6-16(15)5-4-10(18)8-14(16)20-13/h2-10,18H,1H3. The summed E-state index contributed by atoms with van der Waals surface area (Å²) in [4.78, 5) is 4.29. The number of allylic oxidation sites excluding steroid dienone is 1. The number of aliphatic imine (C=N–C) groups is 1. The van der Waals surface area contributed by atoms with Crippen molar-refractivity contribution in [2.75, 3.05) is 7.11 Å². The molecule has 1 aromatic carbocycles. The predicted octanol–water partition coefficient (Wildman–Crippen LogP) is 2.09. The lowest BCUT2D eigenvalue weighted by Gasteiger charge is -2.26. The molecule has 0 amide bonds. The fourth-order valence-corrected chi connectivity index (χ4v) is 3.02. The second-order valence-corrected chi connectivity index (χ2v) is 5.00.